The van der Waals surface area contributed by atoms with E-state index in [4.69, 9.17) is 16.7 Å². The van der Waals surface area contributed by atoms with Crippen molar-refractivity contribution in [2.75, 3.05) is 14.1 Å². The van der Waals surface area contributed by atoms with Crippen LogP contribution in [0.2, 0.25) is 5.02 Å². The Morgan fingerprint density at radius 2 is 2.12 bits per heavy atom. The first-order chi connectivity index (χ1) is 7.43. The number of benzene rings is 1. The van der Waals surface area contributed by atoms with E-state index in [-0.39, 0.29) is 0 Å². The van der Waals surface area contributed by atoms with Gasteiger partial charge in [-0.2, -0.15) is 0 Å². The predicted octanol–water partition coefficient (Wildman–Crippen LogP) is 2.21. The molecule has 1 rings (SSSR count). The molecule has 0 fully saturated rings. The van der Waals surface area contributed by atoms with Gasteiger partial charge in [0.1, 0.15) is 6.04 Å². The maximum Gasteiger partial charge on any atom is 0.321 e. The molecule has 3 nitrogen and oxygen atoms in total. The van der Waals surface area contributed by atoms with E-state index in [1.165, 1.54) is 0 Å². The van der Waals surface area contributed by atoms with Gasteiger partial charge in [0, 0.05) is 5.02 Å². The molecule has 0 heterocycles. The average Bonchev–Trinajstić information content (AvgIpc) is 2.19. The Hall–Kier alpha value is -1.06. The van der Waals surface area contributed by atoms with Crippen molar-refractivity contribution in [1.29, 1.82) is 0 Å². The van der Waals surface area contributed by atoms with E-state index in [9.17, 15) is 4.79 Å². The Balaban J connectivity index is 2.94. The van der Waals surface area contributed by atoms with E-state index in [0.717, 1.165) is 11.1 Å². The largest absolute Gasteiger partial charge is 0.480 e. The molecule has 16 heavy (non-hydrogen) atoms. The van der Waals surface area contributed by atoms with Gasteiger partial charge in [0.15, 0.2) is 0 Å². The Morgan fingerprint density at radius 1 is 1.50 bits per heavy atom. The van der Waals surface area contributed by atoms with Crippen LogP contribution in [0.1, 0.15) is 11.1 Å². The van der Waals surface area contributed by atoms with E-state index in [1.807, 2.05) is 25.1 Å². The Bertz CT molecular complexity index is 391. The molecule has 0 amide bonds. The SMILES string of the molecule is Cc1c(Cl)cccc1C[C@@H](C(=O)O)N(C)C. The second kappa shape index (κ2) is 5.32. The lowest BCUT2D eigenvalue weighted by atomic mass is 10.0. The van der Waals surface area contributed by atoms with E-state index < -0.39 is 12.0 Å². The molecule has 0 aliphatic rings. The number of nitrogens with zero attached hydrogens (tertiary/aromatic N) is 1. The van der Waals surface area contributed by atoms with Crippen molar-refractivity contribution in [2.24, 2.45) is 0 Å². The monoisotopic (exact) mass is 241 g/mol. The zero-order valence-corrected chi connectivity index (χ0v) is 10.5. The Morgan fingerprint density at radius 3 is 2.62 bits per heavy atom. The smallest absolute Gasteiger partial charge is 0.321 e. The van der Waals surface area contributed by atoms with Crippen molar-refractivity contribution >= 4 is 17.6 Å². The van der Waals surface area contributed by atoms with Crippen LogP contribution in [0.25, 0.3) is 0 Å². The third-order valence-electron chi connectivity index (χ3n) is 2.70. The fraction of sp³-hybridized carbons (Fsp3) is 0.417. The second-order valence-corrected chi connectivity index (χ2v) is 4.45. The van der Waals surface area contributed by atoms with Gasteiger partial charge >= 0.3 is 5.97 Å². The van der Waals surface area contributed by atoms with Crippen LogP contribution in [0.4, 0.5) is 0 Å². The third-order valence-corrected chi connectivity index (χ3v) is 3.11. The van der Waals surface area contributed by atoms with Crippen LogP contribution < -0.4 is 0 Å². The van der Waals surface area contributed by atoms with Crippen molar-refractivity contribution in [2.45, 2.75) is 19.4 Å². The van der Waals surface area contributed by atoms with Gasteiger partial charge in [-0.05, 0) is 44.6 Å². The number of rotatable bonds is 4. The number of aliphatic carboxylic acids is 1. The van der Waals surface area contributed by atoms with Gasteiger partial charge in [0.05, 0.1) is 0 Å². The van der Waals surface area contributed by atoms with Crippen LogP contribution in [0.3, 0.4) is 0 Å². The molecule has 0 spiro atoms. The molecule has 0 saturated heterocycles. The molecule has 0 saturated carbocycles. The van der Waals surface area contributed by atoms with Crippen molar-refractivity contribution in [3.05, 3.63) is 34.3 Å². The molecular formula is C12H16ClNO2. The minimum absolute atomic E-state index is 0.467. The fourth-order valence-corrected chi connectivity index (χ4v) is 1.77. The minimum atomic E-state index is -0.815. The molecular weight excluding hydrogens is 226 g/mol. The molecule has 1 atom stereocenters. The standard InChI is InChI=1S/C12H16ClNO2/c1-8-9(5-4-6-10(8)13)7-11(12(15)16)14(2)3/h4-6,11H,7H2,1-3H3,(H,15,16)/t11-/m0/s1. The van der Waals surface area contributed by atoms with Crippen molar-refractivity contribution in [1.82, 2.24) is 4.90 Å². The van der Waals surface area contributed by atoms with Crippen molar-refractivity contribution in [3.63, 3.8) is 0 Å². The number of likely N-dealkylation sites (N-methyl/N-ethyl adjacent to an activating group) is 1. The van der Waals surface area contributed by atoms with Gasteiger partial charge in [0.2, 0.25) is 0 Å². The van der Waals surface area contributed by atoms with Gasteiger partial charge < -0.3 is 5.11 Å². The van der Waals surface area contributed by atoms with E-state index >= 15 is 0 Å². The van der Waals surface area contributed by atoms with Crippen molar-refractivity contribution < 1.29 is 9.90 Å². The van der Waals surface area contributed by atoms with Gasteiger partial charge in [0.25, 0.3) is 0 Å². The Labute approximate surface area is 101 Å². The summed E-state index contributed by atoms with van der Waals surface area (Å²) >= 11 is 6.00. The minimum Gasteiger partial charge on any atom is -0.480 e. The maximum atomic E-state index is 11.1. The number of hydrogen-bond donors (Lipinski definition) is 1. The lowest BCUT2D eigenvalue weighted by Gasteiger charge is -2.21. The number of hydrogen-bond acceptors (Lipinski definition) is 2. The third kappa shape index (κ3) is 2.97. The number of halogens is 1. The zero-order valence-electron chi connectivity index (χ0n) is 9.70. The van der Waals surface area contributed by atoms with Crippen molar-refractivity contribution in [3.8, 4) is 0 Å². The molecule has 1 N–H and O–H groups in total. The van der Waals surface area contributed by atoms with Crippen LogP contribution in [0, 0.1) is 6.92 Å². The maximum absolute atomic E-state index is 11.1. The van der Waals surface area contributed by atoms with Crippen LogP contribution in [-0.2, 0) is 11.2 Å². The fourth-order valence-electron chi connectivity index (χ4n) is 1.57. The first-order valence-electron chi connectivity index (χ1n) is 5.06. The second-order valence-electron chi connectivity index (χ2n) is 4.05. The van der Waals surface area contributed by atoms with Crippen LogP contribution in [0.15, 0.2) is 18.2 Å². The summed E-state index contributed by atoms with van der Waals surface area (Å²) in [5, 5.41) is 9.77. The highest BCUT2D eigenvalue weighted by Gasteiger charge is 2.21. The summed E-state index contributed by atoms with van der Waals surface area (Å²) < 4.78 is 0. The summed E-state index contributed by atoms with van der Waals surface area (Å²) in [6.45, 7) is 1.91. The molecule has 1 aromatic carbocycles. The highest BCUT2D eigenvalue weighted by molar-refractivity contribution is 6.31. The summed E-state index contributed by atoms with van der Waals surface area (Å²) in [5.41, 5.74) is 1.94. The predicted molar refractivity (Wildman–Crippen MR) is 65.0 cm³/mol. The quantitative estimate of drug-likeness (QED) is 0.879. The van der Waals surface area contributed by atoms with E-state index in [1.54, 1.807) is 19.0 Å². The normalized spacial score (nSPS) is 12.8. The van der Waals surface area contributed by atoms with Gasteiger partial charge in [-0.25, -0.2) is 0 Å². The molecule has 0 radical (unpaired) electrons. The Kier molecular flexibility index (Phi) is 4.33. The molecule has 0 aliphatic heterocycles. The first-order valence-corrected chi connectivity index (χ1v) is 5.44. The van der Waals surface area contributed by atoms with Crippen LogP contribution in [-0.4, -0.2) is 36.1 Å². The molecule has 4 heteroatoms. The summed E-state index contributed by atoms with van der Waals surface area (Å²) in [4.78, 5) is 12.8. The molecule has 0 unspecified atom stereocenters. The highest BCUT2D eigenvalue weighted by atomic mass is 35.5. The van der Waals surface area contributed by atoms with Gasteiger partial charge in [-0.1, -0.05) is 23.7 Å². The van der Waals surface area contributed by atoms with E-state index in [0.29, 0.717) is 11.4 Å². The molecule has 0 aromatic heterocycles. The number of carboxylic acids is 1. The van der Waals surface area contributed by atoms with Gasteiger partial charge in [-0.3, -0.25) is 9.69 Å². The van der Waals surface area contributed by atoms with Crippen LogP contribution in [0.5, 0.6) is 0 Å². The van der Waals surface area contributed by atoms with Crippen LogP contribution >= 0.6 is 11.6 Å². The molecule has 0 aliphatic carbocycles. The average molecular weight is 242 g/mol. The topological polar surface area (TPSA) is 40.5 Å². The first kappa shape index (κ1) is 13.0. The molecule has 1 aromatic rings. The summed E-state index contributed by atoms with van der Waals surface area (Å²) in [6.07, 6.45) is 0.467. The molecule has 88 valence electrons. The lowest BCUT2D eigenvalue weighted by Crippen LogP contribution is -2.37. The number of carbonyl (C=O) groups is 1. The molecule has 0 bridgehead atoms. The summed E-state index contributed by atoms with van der Waals surface area (Å²) in [7, 11) is 3.53. The number of carboxylic acid groups (broad SMARTS) is 1. The highest BCUT2D eigenvalue weighted by Crippen LogP contribution is 2.20. The van der Waals surface area contributed by atoms with Gasteiger partial charge in [-0.15, -0.1) is 0 Å². The zero-order chi connectivity index (χ0) is 12.3. The summed E-state index contributed by atoms with van der Waals surface area (Å²) in [6, 6.07) is 5.06. The summed E-state index contributed by atoms with van der Waals surface area (Å²) in [5.74, 6) is -0.815. The van der Waals surface area contributed by atoms with E-state index in [2.05, 4.69) is 0 Å². The lowest BCUT2D eigenvalue weighted by molar-refractivity contribution is -0.142.